The fourth-order valence-electron chi connectivity index (χ4n) is 1.20. The lowest BCUT2D eigenvalue weighted by molar-refractivity contribution is 0.102. The molecule has 0 spiro atoms. The molecule has 1 aromatic heterocycles. The fourth-order valence-corrected chi connectivity index (χ4v) is 2.40. The Labute approximate surface area is 115 Å². The first kappa shape index (κ1) is 13.8. The van der Waals surface area contributed by atoms with E-state index in [4.69, 9.17) is 10.7 Å². The zero-order chi connectivity index (χ0) is 14.0. The zero-order valence-corrected chi connectivity index (χ0v) is 11.4. The molecule has 1 amide bonds. The van der Waals surface area contributed by atoms with Gasteiger partial charge < -0.3 is 5.32 Å². The van der Waals surface area contributed by atoms with Gasteiger partial charge in [0.05, 0.1) is 10.6 Å². The fraction of sp³-hybridized carbons (Fsp3) is 0. The molecule has 0 fully saturated rings. The van der Waals surface area contributed by atoms with Crippen LogP contribution in [0.4, 0.5) is 10.1 Å². The Balaban J connectivity index is 2.25. The second-order valence-electron chi connectivity index (χ2n) is 3.32. The van der Waals surface area contributed by atoms with Crippen molar-refractivity contribution >= 4 is 42.9 Å². The maximum atomic E-state index is 13.6. The molecule has 1 heterocycles. The summed E-state index contributed by atoms with van der Waals surface area (Å²) in [5, 5.41) is 7.15. The highest BCUT2D eigenvalue weighted by atomic mass is 35.7. The summed E-state index contributed by atoms with van der Waals surface area (Å²) >= 11 is 0.976. The van der Waals surface area contributed by atoms with E-state index in [1.54, 1.807) is 0 Å². The molecule has 1 aromatic carbocycles. The number of rotatable bonds is 3. The van der Waals surface area contributed by atoms with Crippen LogP contribution in [0, 0.1) is 5.82 Å². The van der Waals surface area contributed by atoms with Gasteiger partial charge in [0.25, 0.3) is 15.0 Å². The topological polar surface area (TPSA) is 89.0 Å². The van der Waals surface area contributed by atoms with Gasteiger partial charge in [-0.15, -0.1) is 5.10 Å². The van der Waals surface area contributed by atoms with Crippen LogP contribution >= 0.6 is 22.2 Å². The van der Waals surface area contributed by atoms with Crippen molar-refractivity contribution in [1.29, 1.82) is 0 Å². The summed E-state index contributed by atoms with van der Waals surface area (Å²) in [6.45, 7) is 0. The number of carbonyl (C=O) groups excluding carboxylic acids is 1. The average molecular weight is 322 g/mol. The minimum absolute atomic E-state index is 0.0402. The minimum atomic E-state index is -4.01. The van der Waals surface area contributed by atoms with Crippen molar-refractivity contribution in [3.05, 3.63) is 35.1 Å². The van der Waals surface area contributed by atoms with E-state index >= 15 is 0 Å². The van der Waals surface area contributed by atoms with Crippen LogP contribution in [0.15, 0.2) is 28.5 Å². The van der Waals surface area contributed by atoms with Gasteiger partial charge in [-0.2, -0.15) is 0 Å². The molecule has 10 heteroatoms. The third-order valence-electron chi connectivity index (χ3n) is 2.06. The molecule has 0 saturated heterocycles. The summed E-state index contributed by atoms with van der Waals surface area (Å²) in [6, 6.07) is 2.90. The van der Waals surface area contributed by atoms with E-state index < -0.39 is 20.8 Å². The standard InChI is InChI=1S/C9H5ClFN3O3S2/c10-19(16,17)5-1-2-7(6(11)3-5)12-9(15)8-4-18-14-13-8/h1-4H,(H,12,15). The highest BCUT2D eigenvalue weighted by molar-refractivity contribution is 8.13. The van der Waals surface area contributed by atoms with E-state index in [9.17, 15) is 17.6 Å². The van der Waals surface area contributed by atoms with Gasteiger partial charge in [-0.05, 0) is 29.7 Å². The summed E-state index contributed by atoms with van der Waals surface area (Å²) in [5.74, 6) is -1.56. The predicted octanol–water partition coefficient (Wildman–Crippen LogP) is 1.86. The van der Waals surface area contributed by atoms with Crippen LogP contribution in [0.2, 0.25) is 0 Å². The van der Waals surface area contributed by atoms with Crippen LogP contribution in [-0.2, 0) is 9.05 Å². The lowest BCUT2D eigenvalue weighted by Crippen LogP contribution is -2.13. The molecule has 2 aromatic rings. The highest BCUT2D eigenvalue weighted by Gasteiger charge is 2.15. The number of hydrogen-bond acceptors (Lipinski definition) is 6. The molecule has 6 nitrogen and oxygen atoms in total. The van der Waals surface area contributed by atoms with Crippen molar-refractivity contribution in [3.8, 4) is 0 Å². The van der Waals surface area contributed by atoms with Gasteiger partial charge in [-0.3, -0.25) is 4.79 Å². The largest absolute Gasteiger partial charge is 0.318 e. The zero-order valence-electron chi connectivity index (χ0n) is 9.00. The van der Waals surface area contributed by atoms with Crippen molar-refractivity contribution in [2.75, 3.05) is 5.32 Å². The van der Waals surface area contributed by atoms with E-state index in [1.807, 2.05) is 0 Å². The van der Waals surface area contributed by atoms with E-state index in [0.29, 0.717) is 0 Å². The first-order chi connectivity index (χ1) is 8.88. The molecule has 1 N–H and O–H groups in total. The van der Waals surface area contributed by atoms with Gasteiger partial charge in [-0.25, -0.2) is 12.8 Å². The number of anilines is 1. The lowest BCUT2D eigenvalue weighted by atomic mass is 10.3. The summed E-state index contributed by atoms with van der Waals surface area (Å²) < 4.78 is 39.1. The Hall–Kier alpha value is -1.58. The number of nitrogens with one attached hydrogen (secondary N) is 1. The Morgan fingerprint density at radius 1 is 1.42 bits per heavy atom. The highest BCUT2D eigenvalue weighted by Crippen LogP contribution is 2.21. The molecule has 0 aliphatic heterocycles. The second-order valence-corrected chi connectivity index (χ2v) is 6.50. The summed E-state index contributed by atoms with van der Waals surface area (Å²) in [6.07, 6.45) is 0. The predicted molar refractivity (Wildman–Crippen MR) is 67.3 cm³/mol. The molecule has 0 aliphatic rings. The number of aromatic nitrogens is 2. The molecule has 0 aliphatic carbocycles. The average Bonchev–Trinajstić information content (AvgIpc) is 2.84. The second kappa shape index (κ2) is 5.19. The molecule has 2 rings (SSSR count). The van der Waals surface area contributed by atoms with Gasteiger partial charge >= 0.3 is 0 Å². The van der Waals surface area contributed by atoms with Crippen molar-refractivity contribution < 1.29 is 17.6 Å². The first-order valence-electron chi connectivity index (χ1n) is 4.70. The van der Waals surface area contributed by atoms with Gasteiger partial charge in [0, 0.05) is 16.1 Å². The Morgan fingerprint density at radius 3 is 2.68 bits per heavy atom. The lowest BCUT2D eigenvalue weighted by Gasteiger charge is -2.05. The number of amides is 1. The van der Waals surface area contributed by atoms with Crippen LogP contribution < -0.4 is 5.32 Å². The molecule has 0 saturated carbocycles. The molecule has 0 radical (unpaired) electrons. The monoisotopic (exact) mass is 321 g/mol. The molecule has 19 heavy (non-hydrogen) atoms. The van der Waals surface area contributed by atoms with Gasteiger partial charge in [0.15, 0.2) is 5.69 Å². The maximum Gasteiger partial charge on any atom is 0.277 e. The SMILES string of the molecule is O=C(Nc1ccc(S(=O)(=O)Cl)cc1F)c1csnn1. The van der Waals surface area contributed by atoms with E-state index in [2.05, 4.69) is 14.9 Å². The third-order valence-corrected chi connectivity index (χ3v) is 3.92. The number of benzene rings is 1. The van der Waals surface area contributed by atoms with Crippen molar-refractivity contribution in [2.24, 2.45) is 0 Å². The van der Waals surface area contributed by atoms with Gasteiger partial charge in [0.1, 0.15) is 5.82 Å². The quantitative estimate of drug-likeness (QED) is 0.872. The number of carbonyl (C=O) groups is 1. The Bertz CT molecular complexity index is 718. The minimum Gasteiger partial charge on any atom is -0.318 e. The Kier molecular flexibility index (Phi) is 3.78. The van der Waals surface area contributed by atoms with E-state index in [-0.39, 0.29) is 16.3 Å². The molecule has 0 unspecified atom stereocenters. The van der Waals surface area contributed by atoms with Crippen molar-refractivity contribution in [2.45, 2.75) is 4.90 Å². The molecule has 0 atom stereocenters. The van der Waals surface area contributed by atoms with E-state index in [0.717, 1.165) is 29.7 Å². The molecular weight excluding hydrogens is 317 g/mol. The van der Waals surface area contributed by atoms with Crippen LogP contribution in [0.1, 0.15) is 10.5 Å². The summed E-state index contributed by atoms with van der Waals surface area (Å²) in [4.78, 5) is 11.2. The number of nitrogens with zero attached hydrogens (tertiary/aromatic N) is 2. The summed E-state index contributed by atoms with van der Waals surface area (Å²) in [5.41, 5.74) is -0.138. The molecule has 100 valence electrons. The van der Waals surface area contributed by atoms with Crippen LogP contribution in [0.25, 0.3) is 0 Å². The van der Waals surface area contributed by atoms with Crippen molar-refractivity contribution in [3.63, 3.8) is 0 Å². The number of hydrogen-bond donors (Lipinski definition) is 1. The van der Waals surface area contributed by atoms with Gasteiger partial charge in [0.2, 0.25) is 0 Å². The Morgan fingerprint density at radius 2 is 2.16 bits per heavy atom. The smallest absolute Gasteiger partial charge is 0.277 e. The molecule has 0 bridgehead atoms. The normalized spacial score (nSPS) is 11.3. The third kappa shape index (κ3) is 3.25. The molecular formula is C9H5ClFN3O3S2. The van der Waals surface area contributed by atoms with Crippen LogP contribution in [0.5, 0.6) is 0 Å². The summed E-state index contributed by atoms with van der Waals surface area (Å²) in [7, 11) is 1.06. The van der Waals surface area contributed by atoms with Crippen LogP contribution in [-0.4, -0.2) is 23.9 Å². The van der Waals surface area contributed by atoms with Crippen LogP contribution in [0.3, 0.4) is 0 Å². The first-order valence-corrected chi connectivity index (χ1v) is 7.85. The van der Waals surface area contributed by atoms with Gasteiger partial charge in [-0.1, -0.05) is 4.49 Å². The van der Waals surface area contributed by atoms with Crippen molar-refractivity contribution in [1.82, 2.24) is 9.59 Å². The number of halogens is 2. The van der Waals surface area contributed by atoms with E-state index in [1.165, 1.54) is 5.38 Å². The maximum absolute atomic E-state index is 13.6.